The average Bonchev–Trinajstić information content (AvgIpc) is 2.42. The highest BCUT2D eigenvalue weighted by atomic mass is 35.5. The predicted molar refractivity (Wildman–Crippen MR) is 89.1 cm³/mol. The molecule has 0 radical (unpaired) electrons. The molecule has 0 heterocycles. The minimum atomic E-state index is -0.182. The number of para-hydroxylation sites is 1. The summed E-state index contributed by atoms with van der Waals surface area (Å²) in [4.78, 5) is 11.7. The number of halogens is 1. The van der Waals surface area contributed by atoms with Crippen LogP contribution in [0.1, 0.15) is 39.2 Å². The quantitative estimate of drug-likeness (QED) is 0.761. The molecule has 0 bridgehead atoms. The van der Waals surface area contributed by atoms with Crippen LogP contribution in [0.15, 0.2) is 24.3 Å². The van der Waals surface area contributed by atoms with Gasteiger partial charge in [-0.2, -0.15) is 0 Å². The van der Waals surface area contributed by atoms with Crippen molar-refractivity contribution in [2.45, 2.75) is 39.7 Å². The molecule has 0 aliphatic carbocycles. The van der Waals surface area contributed by atoms with Crippen molar-refractivity contribution in [3.05, 3.63) is 29.8 Å². The summed E-state index contributed by atoms with van der Waals surface area (Å²) in [5.74, 6) is 1.09. The second kappa shape index (κ2) is 9.64. The van der Waals surface area contributed by atoms with E-state index in [1.807, 2.05) is 32.0 Å². The van der Waals surface area contributed by atoms with Gasteiger partial charge in [0.05, 0.1) is 6.54 Å². The standard InChI is InChI=1S/C16H26N2O2.ClH/c1-11(2)14-7-5-6-8-15(14)20-10-9-18-16(19)12(3)13(4)17;/h5-8,11-13H,9-10,17H2,1-4H3,(H,18,19);1H. The maximum absolute atomic E-state index is 11.7. The molecule has 0 saturated carbocycles. The average molecular weight is 315 g/mol. The van der Waals surface area contributed by atoms with Crippen LogP contribution < -0.4 is 15.8 Å². The van der Waals surface area contributed by atoms with Gasteiger partial charge in [0.1, 0.15) is 12.4 Å². The first-order chi connectivity index (χ1) is 9.43. The highest BCUT2D eigenvalue weighted by Gasteiger charge is 2.16. The molecule has 2 atom stereocenters. The normalized spacial score (nSPS) is 13.2. The molecule has 1 aromatic carbocycles. The number of carbonyl (C=O) groups excluding carboxylic acids is 1. The molecule has 4 nitrogen and oxygen atoms in total. The van der Waals surface area contributed by atoms with E-state index in [2.05, 4.69) is 25.2 Å². The zero-order chi connectivity index (χ0) is 15.1. The number of benzene rings is 1. The first kappa shape index (κ1) is 19.7. The van der Waals surface area contributed by atoms with Gasteiger partial charge in [0.2, 0.25) is 5.91 Å². The van der Waals surface area contributed by atoms with Gasteiger partial charge in [0.25, 0.3) is 0 Å². The van der Waals surface area contributed by atoms with Crippen molar-refractivity contribution in [1.29, 1.82) is 0 Å². The molecule has 120 valence electrons. The van der Waals surface area contributed by atoms with Crippen LogP contribution >= 0.6 is 12.4 Å². The fourth-order valence-corrected chi connectivity index (χ4v) is 1.82. The Morgan fingerprint density at radius 1 is 1.24 bits per heavy atom. The van der Waals surface area contributed by atoms with Crippen LogP contribution in [0.5, 0.6) is 5.75 Å². The lowest BCUT2D eigenvalue weighted by Gasteiger charge is -2.16. The number of nitrogens with one attached hydrogen (secondary N) is 1. The summed E-state index contributed by atoms with van der Waals surface area (Å²) in [6.07, 6.45) is 0. The molecule has 0 aliphatic heterocycles. The van der Waals surface area contributed by atoms with Crippen molar-refractivity contribution in [2.75, 3.05) is 13.2 Å². The van der Waals surface area contributed by atoms with Crippen molar-refractivity contribution in [3.8, 4) is 5.75 Å². The highest BCUT2D eigenvalue weighted by Crippen LogP contribution is 2.25. The first-order valence-corrected chi connectivity index (χ1v) is 7.18. The number of carbonyl (C=O) groups is 1. The number of rotatable bonds is 7. The van der Waals surface area contributed by atoms with Crippen molar-refractivity contribution in [1.82, 2.24) is 5.32 Å². The SMILES string of the molecule is CC(C)c1ccccc1OCCNC(=O)C(C)C(C)N.Cl. The summed E-state index contributed by atoms with van der Waals surface area (Å²) in [6.45, 7) is 8.88. The zero-order valence-electron chi connectivity index (χ0n) is 13.3. The fraction of sp³-hybridized carbons (Fsp3) is 0.562. The van der Waals surface area contributed by atoms with E-state index < -0.39 is 0 Å². The van der Waals surface area contributed by atoms with Crippen LogP contribution in [-0.4, -0.2) is 25.1 Å². The van der Waals surface area contributed by atoms with Gasteiger partial charge in [-0.05, 0) is 24.5 Å². The molecule has 0 saturated heterocycles. The van der Waals surface area contributed by atoms with Gasteiger partial charge in [-0.1, -0.05) is 39.0 Å². The monoisotopic (exact) mass is 314 g/mol. The molecular weight excluding hydrogens is 288 g/mol. The third-order valence-electron chi connectivity index (χ3n) is 3.40. The Bertz CT molecular complexity index is 436. The second-order valence-corrected chi connectivity index (χ2v) is 5.48. The lowest BCUT2D eigenvalue weighted by atomic mass is 10.0. The predicted octanol–water partition coefficient (Wildman–Crippen LogP) is 2.71. The van der Waals surface area contributed by atoms with Crippen LogP contribution in [0, 0.1) is 5.92 Å². The fourth-order valence-electron chi connectivity index (χ4n) is 1.82. The van der Waals surface area contributed by atoms with Crippen LogP contribution in [0.2, 0.25) is 0 Å². The molecular formula is C16H27ClN2O2. The van der Waals surface area contributed by atoms with Crippen LogP contribution in [-0.2, 0) is 4.79 Å². The Labute approximate surface area is 133 Å². The maximum atomic E-state index is 11.7. The van der Waals surface area contributed by atoms with E-state index in [1.165, 1.54) is 5.56 Å². The van der Waals surface area contributed by atoms with Crippen molar-refractivity contribution >= 4 is 18.3 Å². The Hall–Kier alpha value is -1.26. The van der Waals surface area contributed by atoms with Crippen molar-refractivity contribution in [3.63, 3.8) is 0 Å². The largest absolute Gasteiger partial charge is 0.491 e. The van der Waals surface area contributed by atoms with Gasteiger partial charge in [0, 0.05) is 12.0 Å². The summed E-state index contributed by atoms with van der Waals surface area (Å²) < 4.78 is 5.74. The Balaban J connectivity index is 0.00000400. The van der Waals surface area contributed by atoms with E-state index in [0.717, 1.165) is 5.75 Å². The molecule has 0 spiro atoms. The first-order valence-electron chi connectivity index (χ1n) is 7.18. The van der Waals surface area contributed by atoms with Crippen molar-refractivity contribution < 1.29 is 9.53 Å². The smallest absolute Gasteiger partial charge is 0.224 e. The molecule has 1 rings (SSSR count). The molecule has 0 aliphatic rings. The van der Waals surface area contributed by atoms with E-state index in [1.54, 1.807) is 0 Å². The van der Waals surface area contributed by atoms with E-state index in [-0.39, 0.29) is 30.3 Å². The molecule has 1 amide bonds. The highest BCUT2D eigenvalue weighted by molar-refractivity contribution is 5.85. The molecule has 5 heteroatoms. The van der Waals surface area contributed by atoms with Crippen LogP contribution in [0.3, 0.4) is 0 Å². The summed E-state index contributed by atoms with van der Waals surface area (Å²) in [7, 11) is 0. The summed E-state index contributed by atoms with van der Waals surface area (Å²) >= 11 is 0. The van der Waals surface area contributed by atoms with Gasteiger partial charge in [0.15, 0.2) is 0 Å². The molecule has 0 aromatic heterocycles. The summed E-state index contributed by atoms with van der Waals surface area (Å²) in [5.41, 5.74) is 6.88. The lowest BCUT2D eigenvalue weighted by molar-refractivity contribution is -0.125. The van der Waals surface area contributed by atoms with Crippen LogP contribution in [0.4, 0.5) is 0 Å². The molecule has 0 fully saturated rings. The van der Waals surface area contributed by atoms with Gasteiger partial charge in [-0.25, -0.2) is 0 Å². The number of hydrogen-bond acceptors (Lipinski definition) is 3. The molecule has 21 heavy (non-hydrogen) atoms. The molecule has 2 unspecified atom stereocenters. The van der Waals surface area contributed by atoms with E-state index in [9.17, 15) is 4.79 Å². The van der Waals surface area contributed by atoms with Crippen molar-refractivity contribution in [2.24, 2.45) is 11.7 Å². The lowest BCUT2D eigenvalue weighted by Crippen LogP contribution is -2.40. The summed E-state index contributed by atoms with van der Waals surface area (Å²) in [6, 6.07) is 7.85. The number of amides is 1. The second-order valence-electron chi connectivity index (χ2n) is 5.48. The number of ether oxygens (including phenoxy) is 1. The molecule has 3 N–H and O–H groups in total. The minimum absolute atomic E-state index is 0. The van der Waals surface area contributed by atoms with Gasteiger partial charge in [-0.15, -0.1) is 12.4 Å². The number of hydrogen-bond donors (Lipinski definition) is 2. The minimum Gasteiger partial charge on any atom is -0.491 e. The van der Waals surface area contributed by atoms with Gasteiger partial charge in [-0.3, -0.25) is 4.79 Å². The Morgan fingerprint density at radius 2 is 1.86 bits per heavy atom. The number of nitrogens with two attached hydrogens (primary N) is 1. The van der Waals surface area contributed by atoms with E-state index in [4.69, 9.17) is 10.5 Å². The third-order valence-corrected chi connectivity index (χ3v) is 3.40. The van der Waals surface area contributed by atoms with Gasteiger partial charge >= 0.3 is 0 Å². The molecule has 1 aromatic rings. The van der Waals surface area contributed by atoms with Gasteiger partial charge < -0.3 is 15.8 Å². The van der Waals surface area contributed by atoms with E-state index in [0.29, 0.717) is 19.1 Å². The van der Waals surface area contributed by atoms with E-state index >= 15 is 0 Å². The maximum Gasteiger partial charge on any atom is 0.224 e. The topological polar surface area (TPSA) is 64.3 Å². The zero-order valence-corrected chi connectivity index (χ0v) is 14.1. The third kappa shape index (κ3) is 6.36. The van der Waals surface area contributed by atoms with Crippen LogP contribution in [0.25, 0.3) is 0 Å². The summed E-state index contributed by atoms with van der Waals surface area (Å²) in [5, 5.41) is 2.84. The Morgan fingerprint density at radius 3 is 2.43 bits per heavy atom. The Kier molecular flexibility index (Phi) is 9.06.